The molecule has 0 aromatic rings. The molecule has 2 saturated heterocycles. The standard InChI is InChI=1S/C11H18FNO2/c1-4-5-7-8-6-15-11(2,3)13(8)10(14)9(7)12/h7-9H,4-6H2,1-3H3/t7-,8+,9-/m0/s1. The van der Waals surface area contributed by atoms with E-state index in [1.54, 1.807) is 4.90 Å². The van der Waals surface area contributed by atoms with Crippen LogP contribution in [0.15, 0.2) is 0 Å². The van der Waals surface area contributed by atoms with E-state index in [0.717, 1.165) is 12.8 Å². The van der Waals surface area contributed by atoms with Crippen molar-refractivity contribution in [2.24, 2.45) is 5.92 Å². The average molecular weight is 215 g/mol. The normalized spacial score (nSPS) is 38.5. The Hall–Kier alpha value is -0.640. The van der Waals surface area contributed by atoms with E-state index < -0.39 is 11.9 Å². The fourth-order valence-electron chi connectivity index (χ4n) is 2.76. The van der Waals surface area contributed by atoms with Gasteiger partial charge in [0.1, 0.15) is 5.72 Å². The molecule has 0 radical (unpaired) electrons. The number of fused-ring (bicyclic) bond motifs is 1. The summed E-state index contributed by atoms with van der Waals surface area (Å²) in [6, 6.07) is -0.0533. The zero-order valence-corrected chi connectivity index (χ0v) is 9.50. The Morgan fingerprint density at radius 3 is 2.87 bits per heavy atom. The Bertz CT molecular complexity index is 280. The van der Waals surface area contributed by atoms with Crippen LogP contribution in [0.2, 0.25) is 0 Å². The molecular formula is C11H18FNO2. The van der Waals surface area contributed by atoms with Crippen LogP contribution in [0.5, 0.6) is 0 Å². The molecule has 2 aliphatic rings. The zero-order chi connectivity index (χ0) is 11.2. The molecule has 0 spiro atoms. The van der Waals surface area contributed by atoms with E-state index in [0.29, 0.717) is 6.61 Å². The molecule has 3 nitrogen and oxygen atoms in total. The molecule has 2 fully saturated rings. The molecule has 4 heteroatoms. The second-order valence-corrected chi connectivity index (χ2v) is 4.89. The summed E-state index contributed by atoms with van der Waals surface area (Å²) in [7, 11) is 0. The largest absolute Gasteiger partial charge is 0.354 e. The number of amides is 1. The first kappa shape index (κ1) is 10.9. The molecule has 0 N–H and O–H groups in total. The third-order valence-electron chi connectivity index (χ3n) is 3.48. The highest BCUT2D eigenvalue weighted by Gasteiger charge is 2.57. The highest BCUT2D eigenvalue weighted by Crippen LogP contribution is 2.41. The monoisotopic (exact) mass is 215 g/mol. The van der Waals surface area contributed by atoms with E-state index in [1.807, 2.05) is 20.8 Å². The Kier molecular flexibility index (Phi) is 2.49. The fourth-order valence-corrected chi connectivity index (χ4v) is 2.76. The lowest BCUT2D eigenvalue weighted by molar-refractivity contribution is -0.145. The van der Waals surface area contributed by atoms with Gasteiger partial charge in [0.05, 0.1) is 12.6 Å². The van der Waals surface area contributed by atoms with Gasteiger partial charge in [-0.15, -0.1) is 0 Å². The minimum absolute atomic E-state index is 0.0533. The van der Waals surface area contributed by atoms with Crippen LogP contribution in [0.3, 0.4) is 0 Å². The van der Waals surface area contributed by atoms with Gasteiger partial charge in [-0.1, -0.05) is 13.3 Å². The van der Waals surface area contributed by atoms with Gasteiger partial charge in [0, 0.05) is 5.92 Å². The van der Waals surface area contributed by atoms with Gasteiger partial charge in [-0.3, -0.25) is 4.79 Å². The van der Waals surface area contributed by atoms with Gasteiger partial charge in [0.25, 0.3) is 5.91 Å². The van der Waals surface area contributed by atoms with Crippen LogP contribution < -0.4 is 0 Å². The van der Waals surface area contributed by atoms with Crippen LogP contribution in [0.4, 0.5) is 4.39 Å². The third-order valence-corrected chi connectivity index (χ3v) is 3.48. The van der Waals surface area contributed by atoms with Crippen LogP contribution in [0, 0.1) is 5.92 Å². The lowest BCUT2D eigenvalue weighted by Crippen LogP contribution is -2.44. The molecule has 0 unspecified atom stereocenters. The lowest BCUT2D eigenvalue weighted by atomic mass is 9.94. The van der Waals surface area contributed by atoms with Gasteiger partial charge in [-0.2, -0.15) is 0 Å². The topological polar surface area (TPSA) is 29.5 Å². The molecular weight excluding hydrogens is 197 g/mol. The molecule has 2 heterocycles. The van der Waals surface area contributed by atoms with Crippen molar-refractivity contribution in [3.05, 3.63) is 0 Å². The first-order valence-corrected chi connectivity index (χ1v) is 5.60. The highest BCUT2D eigenvalue weighted by atomic mass is 19.1. The number of carbonyl (C=O) groups excluding carboxylic acids is 1. The third kappa shape index (κ3) is 1.46. The van der Waals surface area contributed by atoms with Crippen LogP contribution >= 0.6 is 0 Å². The molecule has 3 atom stereocenters. The number of alkyl halides is 1. The van der Waals surface area contributed by atoms with Crippen LogP contribution in [-0.4, -0.2) is 35.4 Å². The van der Waals surface area contributed by atoms with Crippen molar-refractivity contribution in [1.29, 1.82) is 0 Å². The molecule has 0 bridgehead atoms. The number of halogens is 1. The summed E-state index contributed by atoms with van der Waals surface area (Å²) in [5.74, 6) is -0.565. The summed E-state index contributed by atoms with van der Waals surface area (Å²) in [5.41, 5.74) is -0.630. The van der Waals surface area contributed by atoms with E-state index in [4.69, 9.17) is 4.74 Å². The quantitative estimate of drug-likeness (QED) is 0.702. The molecule has 0 aromatic carbocycles. The molecule has 0 aliphatic carbocycles. The molecule has 1 amide bonds. The highest BCUT2D eigenvalue weighted by molar-refractivity contribution is 5.85. The van der Waals surface area contributed by atoms with Gasteiger partial charge in [-0.25, -0.2) is 4.39 Å². The second kappa shape index (κ2) is 3.44. The summed E-state index contributed by atoms with van der Waals surface area (Å²) in [6.07, 6.45) is 0.342. The van der Waals surface area contributed by atoms with E-state index in [2.05, 4.69) is 0 Å². The predicted molar refractivity (Wildman–Crippen MR) is 54.0 cm³/mol. The van der Waals surface area contributed by atoms with Gasteiger partial charge in [0.15, 0.2) is 6.17 Å². The predicted octanol–water partition coefficient (Wildman–Crippen LogP) is 1.72. The number of hydrogen-bond donors (Lipinski definition) is 0. The summed E-state index contributed by atoms with van der Waals surface area (Å²) in [6.45, 7) is 6.14. The van der Waals surface area contributed by atoms with Crippen molar-refractivity contribution in [3.8, 4) is 0 Å². The van der Waals surface area contributed by atoms with Crippen molar-refractivity contribution < 1.29 is 13.9 Å². The molecule has 86 valence electrons. The van der Waals surface area contributed by atoms with Crippen LogP contribution in [0.25, 0.3) is 0 Å². The van der Waals surface area contributed by atoms with E-state index >= 15 is 0 Å². The van der Waals surface area contributed by atoms with Gasteiger partial charge < -0.3 is 9.64 Å². The van der Waals surface area contributed by atoms with Crippen molar-refractivity contribution in [2.45, 2.75) is 51.6 Å². The summed E-state index contributed by atoms with van der Waals surface area (Å²) in [4.78, 5) is 13.4. The summed E-state index contributed by atoms with van der Waals surface area (Å²) >= 11 is 0. The minimum Gasteiger partial charge on any atom is -0.354 e. The molecule has 0 aromatic heterocycles. The van der Waals surface area contributed by atoms with Gasteiger partial charge in [0.2, 0.25) is 0 Å². The Balaban J connectivity index is 2.24. The Morgan fingerprint density at radius 2 is 2.27 bits per heavy atom. The summed E-state index contributed by atoms with van der Waals surface area (Å²) < 4.78 is 19.3. The van der Waals surface area contributed by atoms with Crippen LogP contribution in [0.1, 0.15) is 33.6 Å². The molecule has 2 rings (SSSR count). The number of rotatable bonds is 2. The fraction of sp³-hybridized carbons (Fsp3) is 0.909. The first-order valence-electron chi connectivity index (χ1n) is 5.60. The maximum absolute atomic E-state index is 13.8. The van der Waals surface area contributed by atoms with Crippen LogP contribution in [-0.2, 0) is 9.53 Å². The maximum atomic E-state index is 13.8. The van der Waals surface area contributed by atoms with Gasteiger partial charge >= 0.3 is 0 Å². The van der Waals surface area contributed by atoms with Crippen molar-refractivity contribution in [1.82, 2.24) is 4.90 Å². The Morgan fingerprint density at radius 1 is 1.60 bits per heavy atom. The molecule has 0 saturated carbocycles. The SMILES string of the molecule is CCC[C@@H]1[C@H](F)C(=O)N2[C@@H]1COC2(C)C. The smallest absolute Gasteiger partial charge is 0.260 e. The van der Waals surface area contributed by atoms with Crippen molar-refractivity contribution in [2.75, 3.05) is 6.61 Å². The number of nitrogens with zero attached hydrogens (tertiary/aromatic N) is 1. The minimum atomic E-state index is -1.32. The second-order valence-electron chi connectivity index (χ2n) is 4.89. The van der Waals surface area contributed by atoms with Gasteiger partial charge in [-0.05, 0) is 20.3 Å². The van der Waals surface area contributed by atoms with E-state index in [-0.39, 0.29) is 17.9 Å². The van der Waals surface area contributed by atoms with Crippen molar-refractivity contribution in [3.63, 3.8) is 0 Å². The number of hydrogen-bond acceptors (Lipinski definition) is 2. The average Bonchev–Trinajstić information content (AvgIpc) is 2.59. The zero-order valence-electron chi connectivity index (χ0n) is 9.50. The first-order chi connectivity index (χ1) is 6.99. The van der Waals surface area contributed by atoms with E-state index in [1.165, 1.54) is 0 Å². The molecule has 15 heavy (non-hydrogen) atoms. The van der Waals surface area contributed by atoms with E-state index in [9.17, 15) is 9.18 Å². The van der Waals surface area contributed by atoms with Crippen molar-refractivity contribution >= 4 is 5.91 Å². The number of carbonyl (C=O) groups is 1. The maximum Gasteiger partial charge on any atom is 0.260 e. The Labute approximate surface area is 89.6 Å². The molecule has 2 aliphatic heterocycles. The summed E-state index contributed by atoms with van der Waals surface area (Å²) in [5, 5.41) is 0. The number of ether oxygens (including phenoxy) is 1. The lowest BCUT2D eigenvalue weighted by Gasteiger charge is -2.29.